The van der Waals surface area contributed by atoms with Gasteiger partial charge in [-0.1, -0.05) is 13.8 Å². The van der Waals surface area contributed by atoms with Gasteiger partial charge in [-0.2, -0.15) is 0 Å². The molecule has 0 spiro atoms. The third kappa shape index (κ3) is 10.5. The summed E-state index contributed by atoms with van der Waals surface area (Å²) in [5.41, 5.74) is 11.6. The number of aliphatic carboxylic acids is 2. The Kier molecular flexibility index (Phi) is 12.4. The van der Waals surface area contributed by atoms with Crippen molar-refractivity contribution >= 4 is 29.7 Å². The Morgan fingerprint density at radius 2 is 1.66 bits per heavy atom. The largest absolute Gasteiger partial charge is 0.481 e. The molecule has 1 heterocycles. The Labute approximate surface area is 202 Å². The lowest BCUT2D eigenvalue weighted by atomic mass is 10.0. The fourth-order valence-corrected chi connectivity index (χ4v) is 3.19. The molecular weight excluding hydrogens is 462 g/mol. The van der Waals surface area contributed by atoms with Crippen LogP contribution in [0.3, 0.4) is 0 Å². The highest BCUT2D eigenvalue weighted by Crippen LogP contribution is 2.08. The third-order valence-electron chi connectivity index (χ3n) is 5.15. The number of aromatic amines is 1. The van der Waals surface area contributed by atoms with Crippen molar-refractivity contribution in [2.75, 3.05) is 6.54 Å². The van der Waals surface area contributed by atoms with Crippen molar-refractivity contribution in [1.29, 1.82) is 0 Å². The molecule has 0 radical (unpaired) electrons. The van der Waals surface area contributed by atoms with Gasteiger partial charge >= 0.3 is 11.9 Å². The normalized spacial score (nSPS) is 14.4. The Balaban J connectivity index is 2.95. The van der Waals surface area contributed by atoms with Gasteiger partial charge in [-0.25, -0.2) is 9.78 Å². The summed E-state index contributed by atoms with van der Waals surface area (Å²) >= 11 is 0. The summed E-state index contributed by atoms with van der Waals surface area (Å²) in [4.78, 5) is 67.2. The zero-order valence-corrected chi connectivity index (χ0v) is 19.8. The maximum absolute atomic E-state index is 13.0. The van der Waals surface area contributed by atoms with E-state index >= 15 is 0 Å². The van der Waals surface area contributed by atoms with E-state index in [9.17, 15) is 29.1 Å². The van der Waals surface area contributed by atoms with Gasteiger partial charge in [0.2, 0.25) is 17.7 Å². The molecule has 3 amide bonds. The number of aromatic nitrogens is 2. The zero-order chi connectivity index (χ0) is 26.5. The van der Waals surface area contributed by atoms with E-state index in [0.717, 1.165) is 0 Å². The summed E-state index contributed by atoms with van der Waals surface area (Å²) in [5.74, 6) is -5.17. The van der Waals surface area contributed by atoms with E-state index in [1.54, 1.807) is 13.8 Å². The fourth-order valence-electron chi connectivity index (χ4n) is 3.19. The molecule has 1 aromatic heterocycles. The standard InChI is InChI=1S/C21H35N7O7/c1-11(2)17(28-18(31)13(23)8-16(29)30)20(33)26-14(5-3-4-6-22)19(32)27-15(21(34)35)7-12-9-24-10-25-12/h9-11,13-15,17H,3-8,22-23H2,1-2H3,(H,24,25)(H,26,33)(H,27,32)(H,28,31)(H,29,30)(H,34,35). The number of nitrogens with one attached hydrogen (secondary N) is 4. The number of H-pyrrole nitrogens is 1. The van der Waals surface area contributed by atoms with Crippen LogP contribution >= 0.6 is 0 Å². The van der Waals surface area contributed by atoms with E-state index in [0.29, 0.717) is 25.1 Å². The van der Waals surface area contributed by atoms with E-state index in [1.807, 2.05) is 0 Å². The van der Waals surface area contributed by atoms with Crippen molar-refractivity contribution in [1.82, 2.24) is 25.9 Å². The van der Waals surface area contributed by atoms with Gasteiger partial charge in [0.25, 0.3) is 0 Å². The number of carboxylic acid groups (broad SMARTS) is 2. The fraction of sp³-hybridized carbons (Fsp3) is 0.619. The predicted molar refractivity (Wildman–Crippen MR) is 124 cm³/mol. The van der Waals surface area contributed by atoms with Crippen molar-refractivity contribution in [2.45, 2.75) is 70.1 Å². The van der Waals surface area contributed by atoms with E-state index < -0.39 is 66.2 Å². The number of hydrogen-bond acceptors (Lipinski definition) is 8. The van der Waals surface area contributed by atoms with Gasteiger partial charge in [0.1, 0.15) is 18.1 Å². The maximum atomic E-state index is 13.0. The number of rotatable bonds is 16. The van der Waals surface area contributed by atoms with Crippen LogP contribution in [0.25, 0.3) is 0 Å². The summed E-state index contributed by atoms with van der Waals surface area (Å²) in [7, 11) is 0. The zero-order valence-electron chi connectivity index (χ0n) is 19.8. The lowest BCUT2D eigenvalue weighted by Gasteiger charge is -2.27. The van der Waals surface area contributed by atoms with Gasteiger partial charge in [0.05, 0.1) is 18.8 Å². The monoisotopic (exact) mass is 497 g/mol. The molecule has 0 saturated heterocycles. The second-order valence-corrected chi connectivity index (χ2v) is 8.46. The molecule has 0 aliphatic rings. The summed E-state index contributed by atoms with van der Waals surface area (Å²) in [6.07, 6.45) is 3.40. The smallest absolute Gasteiger partial charge is 0.326 e. The lowest BCUT2D eigenvalue weighted by molar-refractivity contribution is -0.142. The highest BCUT2D eigenvalue weighted by molar-refractivity contribution is 5.94. The van der Waals surface area contributed by atoms with Gasteiger partial charge in [0.15, 0.2) is 0 Å². The molecule has 0 aliphatic carbocycles. The van der Waals surface area contributed by atoms with Gasteiger partial charge in [-0.3, -0.25) is 19.2 Å². The van der Waals surface area contributed by atoms with Crippen LogP contribution in [-0.2, 0) is 30.4 Å². The Morgan fingerprint density at radius 1 is 1.00 bits per heavy atom. The van der Waals surface area contributed by atoms with Gasteiger partial charge in [-0.15, -0.1) is 0 Å². The minimum absolute atomic E-state index is 0.0450. The van der Waals surface area contributed by atoms with Crippen LogP contribution in [0, 0.1) is 5.92 Å². The van der Waals surface area contributed by atoms with Crippen molar-refractivity contribution in [2.24, 2.45) is 17.4 Å². The van der Waals surface area contributed by atoms with E-state index in [1.165, 1.54) is 12.5 Å². The summed E-state index contributed by atoms with van der Waals surface area (Å²) in [6.45, 7) is 3.68. The molecule has 14 heteroatoms. The first-order valence-electron chi connectivity index (χ1n) is 11.2. The molecule has 196 valence electrons. The van der Waals surface area contributed by atoms with E-state index in [2.05, 4.69) is 25.9 Å². The van der Waals surface area contributed by atoms with Crippen LogP contribution in [0.4, 0.5) is 0 Å². The lowest BCUT2D eigenvalue weighted by Crippen LogP contribution is -2.58. The summed E-state index contributed by atoms with van der Waals surface area (Å²) in [6, 6.07) is -4.83. The molecule has 10 N–H and O–H groups in total. The number of hydrogen-bond donors (Lipinski definition) is 8. The first-order chi connectivity index (χ1) is 16.5. The van der Waals surface area contributed by atoms with Gasteiger partial charge in [-0.05, 0) is 31.7 Å². The Bertz CT molecular complexity index is 860. The summed E-state index contributed by atoms with van der Waals surface area (Å²) in [5, 5.41) is 25.8. The third-order valence-corrected chi connectivity index (χ3v) is 5.15. The molecule has 0 bridgehead atoms. The maximum Gasteiger partial charge on any atom is 0.326 e. The first-order valence-corrected chi connectivity index (χ1v) is 11.2. The van der Waals surface area contributed by atoms with Crippen LogP contribution in [0.2, 0.25) is 0 Å². The number of amides is 3. The number of carbonyl (C=O) groups excluding carboxylic acids is 3. The Hall–Kier alpha value is -3.52. The molecule has 0 saturated carbocycles. The van der Waals surface area contributed by atoms with E-state index in [4.69, 9.17) is 16.6 Å². The van der Waals surface area contributed by atoms with Crippen LogP contribution in [-0.4, -0.2) is 80.6 Å². The number of imidazole rings is 1. The van der Waals surface area contributed by atoms with Crippen LogP contribution in [0.1, 0.15) is 45.2 Å². The average Bonchev–Trinajstić information content (AvgIpc) is 3.28. The molecule has 1 aromatic rings. The van der Waals surface area contributed by atoms with Crippen molar-refractivity contribution in [3.8, 4) is 0 Å². The highest BCUT2D eigenvalue weighted by Gasteiger charge is 2.32. The van der Waals surface area contributed by atoms with Crippen molar-refractivity contribution in [3.05, 3.63) is 18.2 Å². The number of carbonyl (C=O) groups is 5. The topological polar surface area (TPSA) is 243 Å². The molecule has 0 aromatic carbocycles. The minimum atomic E-state index is -1.36. The Morgan fingerprint density at radius 3 is 2.17 bits per heavy atom. The van der Waals surface area contributed by atoms with Crippen LogP contribution in [0.5, 0.6) is 0 Å². The number of unbranched alkanes of at least 4 members (excludes halogenated alkanes) is 1. The second-order valence-electron chi connectivity index (χ2n) is 8.46. The second kappa shape index (κ2) is 14.7. The van der Waals surface area contributed by atoms with Crippen molar-refractivity contribution < 1.29 is 34.2 Å². The molecule has 4 atom stereocenters. The van der Waals surface area contributed by atoms with Crippen LogP contribution < -0.4 is 27.4 Å². The summed E-state index contributed by atoms with van der Waals surface area (Å²) < 4.78 is 0. The SMILES string of the molecule is CC(C)C(NC(=O)C(N)CC(=O)O)C(=O)NC(CCCCN)C(=O)NC(Cc1cnc[nH]1)C(=O)O. The number of nitrogens with zero attached hydrogens (tertiary/aromatic N) is 1. The highest BCUT2D eigenvalue weighted by atomic mass is 16.4. The van der Waals surface area contributed by atoms with Crippen LogP contribution in [0.15, 0.2) is 12.5 Å². The van der Waals surface area contributed by atoms with Crippen molar-refractivity contribution in [3.63, 3.8) is 0 Å². The quantitative estimate of drug-likeness (QED) is 0.118. The molecule has 1 rings (SSSR count). The molecule has 4 unspecified atom stereocenters. The number of carboxylic acids is 2. The first kappa shape index (κ1) is 29.5. The van der Waals surface area contributed by atoms with Gasteiger partial charge in [0, 0.05) is 18.3 Å². The molecule has 0 fully saturated rings. The molecule has 35 heavy (non-hydrogen) atoms. The average molecular weight is 498 g/mol. The number of nitrogens with two attached hydrogens (primary N) is 2. The molecule has 14 nitrogen and oxygen atoms in total. The minimum Gasteiger partial charge on any atom is -0.481 e. The van der Waals surface area contributed by atoms with Gasteiger partial charge < -0.3 is 42.6 Å². The van der Waals surface area contributed by atoms with E-state index in [-0.39, 0.29) is 12.8 Å². The predicted octanol–water partition coefficient (Wildman–Crippen LogP) is -1.92. The molecular formula is C21H35N7O7. The molecule has 0 aliphatic heterocycles.